The Morgan fingerprint density at radius 2 is 1.68 bits per heavy atom. The first-order valence-electron chi connectivity index (χ1n) is 13.1. The van der Waals surface area contributed by atoms with Crippen LogP contribution in [0.25, 0.3) is 10.9 Å². The highest BCUT2D eigenvalue weighted by Gasteiger charge is 2.21. The van der Waals surface area contributed by atoms with Crippen molar-refractivity contribution in [2.75, 3.05) is 48.8 Å². The molecule has 6 rings (SSSR count). The molecule has 1 saturated heterocycles. The minimum Gasteiger partial charge on any atom is -0.369 e. The molecule has 1 aliphatic rings. The fourth-order valence-corrected chi connectivity index (χ4v) is 5.59. The van der Waals surface area contributed by atoms with Gasteiger partial charge in [0.25, 0.3) is 11.8 Å². The van der Waals surface area contributed by atoms with Crippen molar-refractivity contribution in [1.82, 2.24) is 20.1 Å². The number of carbonyl (C=O) groups is 2. The van der Waals surface area contributed by atoms with E-state index in [0.717, 1.165) is 52.6 Å². The zero-order valence-corrected chi connectivity index (χ0v) is 22.8. The van der Waals surface area contributed by atoms with Crippen molar-refractivity contribution in [1.29, 1.82) is 0 Å². The second-order valence-corrected chi connectivity index (χ2v) is 10.9. The molecule has 2 amide bonds. The van der Waals surface area contributed by atoms with Gasteiger partial charge >= 0.3 is 0 Å². The number of amides is 2. The molecule has 1 aliphatic heterocycles. The number of nitrogens with zero attached hydrogens (tertiary/aromatic N) is 3. The molecule has 10 heteroatoms. The summed E-state index contributed by atoms with van der Waals surface area (Å²) in [4.78, 5) is 36.2. The van der Waals surface area contributed by atoms with Crippen molar-refractivity contribution in [3.8, 4) is 0 Å². The smallest absolute Gasteiger partial charge is 0.272 e. The topological polar surface area (TPSA) is 109 Å². The van der Waals surface area contributed by atoms with Crippen LogP contribution in [-0.2, 0) is 0 Å². The fourth-order valence-electron chi connectivity index (χ4n) is 4.71. The van der Waals surface area contributed by atoms with E-state index in [1.54, 1.807) is 36.2 Å². The molecule has 9 nitrogen and oxygen atoms in total. The summed E-state index contributed by atoms with van der Waals surface area (Å²) < 4.78 is 0. The van der Waals surface area contributed by atoms with Crippen LogP contribution in [0.5, 0.6) is 0 Å². The van der Waals surface area contributed by atoms with E-state index < -0.39 is 0 Å². The predicted molar refractivity (Wildman–Crippen MR) is 160 cm³/mol. The molecule has 4 N–H and O–H groups in total. The molecule has 40 heavy (non-hydrogen) atoms. The summed E-state index contributed by atoms with van der Waals surface area (Å²) >= 11 is 1.64. The van der Waals surface area contributed by atoms with E-state index in [1.807, 2.05) is 48.5 Å². The van der Waals surface area contributed by atoms with Crippen molar-refractivity contribution in [2.24, 2.45) is 0 Å². The maximum atomic E-state index is 13.6. The first-order chi connectivity index (χ1) is 19.5. The van der Waals surface area contributed by atoms with Crippen LogP contribution < -0.4 is 15.5 Å². The number of anilines is 3. The summed E-state index contributed by atoms with van der Waals surface area (Å²) in [6, 6.07) is 25.1. The van der Waals surface area contributed by atoms with Gasteiger partial charge in [0.1, 0.15) is 5.69 Å². The fraction of sp³-hybridized carbons (Fsp3) is 0.167. The number of likely N-dealkylation sites (N-methyl/N-ethyl adjacent to an activating group) is 1. The van der Waals surface area contributed by atoms with Crippen molar-refractivity contribution in [3.63, 3.8) is 0 Å². The Morgan fingerprint density at radius 3 is 2.45 bits per heavy atom. The Labute approximate surface area is 236 Å². The Morgan fingerprint density at radius 1 is 0.850 bits per heavy atom. The zero-order valence-electron chi connectivity index (χ0n) is 22.0. The lowest BCUT2D eigenvalue weighted by Gasteiger charge is -2.34. The molecule has 0 radical (unpaired) electrons. The van der Waals surface area contributed by atoms with E-state index >= 15 is 0 Å². The number of hydrogen-bond acceptors (Lipinski definition) is 6. The van der Waals surface area contributed by atoms with E-state index in [4.69, 9.17) is 0 Å². The average Bonchev–Trinajstić information content (AvgIpc) is 3.65. The van der Waals surface area contributed by atoms with Crippen LogP contribution in [0.15, 0.2) is 94.9 Å². The molecule has 3 heterocycles. The highest BCUT2D eigenvalue weighted by Crippen LogP contribution is 2.32. The number of fused-ring (bicyclic) bond motifs is 1. The number of hydrogen-bond donors (Lipinski definition) is 4. The second kappa shape index (κ2) is 11.3. The molecule has 0 aliphatic carbocycles. The van der Waals surface area contributed by atoms with Crippen molar-refractivity contribution in [3.05, 3.63) is 96.3 Å². The van der Waals surface area contributed by atoms with Gasteiger partial charge in [0, 0.05) is 53.2 Å². The van der Waals surface area contributed by atoms with Crippen LogP contribution in [0, 0.1) is 0 Å². The van der Waals surface area contributed by atoms with Gasteiger partial charge in [-0.15, -0.1) is 0 Å². The van der Waals surface area contributed by atoms with Crippen molar-refractivity contribution >= 4 is 51.7 Å². The third-order valence-corrected chi connectivity index (χ3v) is 7.95. The van der Waals surface area contributed by atoms with Crippen LogP contribution in [0.3, 0.4) is 0 Å². The van der Waals surface area contributed by atoms with E-state index in [0.29, 0.717) is 22.8 Å². The van der Waals surface area contributed by atoms with Gasteiger partial charge in [-0.05, 0) is 67.7 Å². The lowest BCUT2D eigenvalue weighted by Crippen LogP contribution is -2.44. The normalized spacial score (nSPS) is 13.9. The molecular formula is C30H29N7O2S. The second-order valence-electron chi connectivity index (χ2n) is 9.71. The summed E-state index contributed by atoms with van der Waals surface area (Å²) in [5.74, 6) is -0.246. The number of aromatic amines is 2. The molecule has 0 saturated carbocycles. The van der Waals surface area contributed by atoms with Crippen LogP contribution in [0.1, 0.15) is 20.8 Å². The standard InChI is InChI=1S/C30H29N7O2S/c1-36-14-16-37(17-15-36)20-9-11-23(27(18-20)32-30(39)26-8-5-13-31-26)29(38)33-28-24-19-22(10-12-25(24)34-35-28)40-21-6-3-2-4-7-21/h2-13,18-19,31H,14-17H2,1H3,(H,32,39)(H2,33,34,35,38). The van der Waals surface area contributed by atoms with Gasteiger partial charge < -0.3 is 25.4 Å². The molecule has 1 fully saturated rings. The third kappa shape index (κ3) is 5.58. The number of nitrogens with one attached hydrogen (secondary N) is 4. The van der Waals surface area contributed by atoms with E-state index in [9.17, 15) is 9.59 Å². The van der Waals surface area contributed by atoms with Crippen LogP contribution >= 0.6 is 11.8 Å². The van der Waals surface area contributed by atoms with E-state index in [1.165, 1.54) is 0 Å². The number of benzene rings is 3. The monoisotopic (exact) mass is 551 g/mol. The SMILES string of the molecule is CN1CCN(c2ccc(C(=O)Nc3n[nH]c4ccc(Sc5ccccc5)cc34)c(NC(=O)c3ccc[nH]3)c2)CC1. The maximum absolute atomic E-state index is 13.6. The Bertz CT molecular complexity index is 1640. The highest BCUT2D eigenvalue weighted by molar-refractivity contribution is 7.99. The number of aromatic nitrogens is 3. The molecule has 0 atom stereocenters. The molecule has 5 aromatic rings. The lowest BCUT2D eigenvalue weighted by molar-refractivity contribution is 0.102. The maximum Gasteiger partial charge on any atom is 0.272 e. The molecule has 202 valence electrons. The van der Waals surface area contributed by atoms with Gasteiger partial charge in [0.2, 0.25) is 0 Å². The van der Waals surface area contributed by atoms with Crippen molar-refractivity contribution in [2.45, 2.75) is 9.79 Å². The molecule has 3 aromatic carbocycles. The minimum atomic E-state index is -0.360. The summed E-state index contributed by atoms with van der Waals surface area (Å²) in [5.41, 5.74) is 2.98. The highest BCUT2D eigenvalue weighted by atomic mass is 32.2. The molecule has 0 unspecified atom stereocenters. The van der Waals surface area contributed by atoms with Gasteiger partial charge in [0.15, 0.2) is 5.82 Å². The Balaban J connectivity index is 1.28. The Kier molecular flexibility index (Phi) is 7.26. The zero-order chi connectivity index (χ0) is 27.5. The molecule has 0 bridgehead atoms. The van der Waals surface area contributed by atoms with Gasteiger partial charge in [-0.3, -0.25) is 14.7 Å². The minimum absolute atomic E-state index is 0.317. The van der Waals surface area contributed by atoms with Crippen molar-refractivity contribution < 1.29 is 9.59 Å². The lowest BCUT2D eigenvalue weighted by atomic mass is 10.1. The summed E-state index contributed by atoms with van der Waals surface area (Å²) in [7, 11) is 2.11. The van der Waals surface area contributed by atoms with Crippen LogP contribution in [0.4, 0.5) is 17.2 Å². The number of rotatable bonds is 7. The van der Waals surface area contributed by atoms with E-state index in [2.05, 4.69) is 54.8 Å². The first kappa shape index (κ1) is 25.7. The molecule has 2 aromatic heterocycles. The van der Waals surface area contributed by atoms with Crippen LogP contribution in [0.2, 0.25) is 0 Å². The quantitative estimate of drug-likeness (QED) is 0.219. The molecular weight excluding hydrogens is 522 g/mol. The predicted octanol–water partition coefficient (Wildman–Crippen LogP) is 5.30. The number of H-pyrrole nitrogens is 2. The largest absolute Gasteiger partial charge is 0.369 e. The van der Waals surface area contributed by atoms with Gasteiger partial charge in [-0.1, -0.05) is 30.0 Å². The summed E-state index contributed by atoms with van der Waals surface area (Å²) in [6.07, 6.45) is 1.69. The Hall–Kier alpha value is -4.54. The summed E-state index contributed by atoms with van der Waals surface area (Å²) in [6.45, 7) is 3.63. The van der Waals surface area contributed by atoms with E-state index in [-0.39, 0.29) is 11.8 Å². The van der Waals surface area contributed by atoms with Gasteiger partial charge in [-0.25, -0.2) is 0 Å². The number of carbonyl (C=O) groups excluding carboxylic acids is 2. The first-order valence-corrected chi connectivity index (χ1v) is 13.9. The summed E-state index contributed by atoms with van der Waals surface area (Å²) in [5, 5.41) is 14.1. The average molecular weight is 552 g/mol. The molecule has 0 spiro atoms. The third-order valence-electron chi connectivity index (χ3n) is 6.95. The van der Waals surface area contributed by atoms with Gasteiger partial charge in [-0.2, -0.15) is 5.10 Å². The van der Waals surface area contributed by atoms with Crippen LogP contribution in [-0.4, -0.2) is 65.1 Å². The van der Waals surface area contributed by atoms with Gasteiger partial charge in [0.05, 0.1) is 16.8 Å². The number of piperazine rings is 1.